The number of hydrogen-bond acceptors (Lipinski definition) is 0. The van der Waals surface area contributed by atoms with E-state index in [1.54, 1.807) is 0 Å². The van der Waals surface area contributed by atoms with E-state index in [0.717, 1.165) is 0 Å². The Balaban J connectivity index is 3.13. The van der Waals surface area contributed by atoms with Crippen LogP contribution in [0, 0.1) is 0 Å². The van der Waals surface area contributed by atoms with E-state index < -0.39 is 0 Å². The van der Waals surface area contributed by atoms with E-state index >= 15 is 0 Å². The van der Waals surface area contributed by atoms with E-state index in [2.05, 4.69) is 62.9 Å². The van der Waals surface area contributed by atoms with Crippen LogP contribution < -0.4 is 0 Å². The third-order valence-corrected chi connectivity index (χ3v) is 3.09. The van der Waals surface area contributed by atoms with Crippen molar-refractivity contribution < 1.29 is 0 Å². The Morgan fingerprint density at radius 1 is 1.11 bits per heavy atom. The first-order valence-electron chi connectivity index (χ1n) is 6.31. The molecule has 0 aliphatic heterocycles. The van der Waals surface area contributed by atoms with Crippen molar-refractivity contribution >= 4 is 0 Å². The molecule has 0 atom stereocenters. The topological polar surface area (TPSA) is 0 Å². The molecule has 0 aliphatic carbocycles. The Morgan fingerprint density at radius 2 is 1.78 bits per heavy atom. The van der Waals surface area contributed by atoms with Crippen LogP contribution in [0.15, 0.2) is 78.9 Å². The van der Waals surface area contributed by atoms with Crippen molar-refractivity contribution in [2.24, 2.45) is 0 Å². The highest BCUT2D eigenvalue weighted by Crippen LogP contribution is 2.32. The van der Waals surface area contributed by atoms with Gasteiger partial charge >= 0.3 is 0 Å². The highest BCUT2D eigenvalue weighted by Gasteiger charge is 2.22. The maximum absolute atomic E-state index is 3.81. The lowest BCUT2D eigenvalue weighted by Gasteiger charge is -2.27. The molecule has 1 rings (SSSR count). The third kappa shape index (κ3) is 3.59. The van der Waals surface area contributed by atoms with Gasteiger partial charge in [-0.3, -0.25) is 0 Å². The van der Waals surface area contributed by atoms with Crippen molar-refractivity contribution in [2.45, 2.75) is 26.2 Å². The maximum atomic E-state index is 3.81. The van der Waals surface area contributed by atoms with E-state index in [0.29, 0.717) is 0 Å². The van der Waals surface area contributed by atoms with Gasteiger partial charge in [0.15, 0.2) is 0 Å². The molecule has 1 aromatic carbocycles. The Hall–Kier alpha value is -1.82. The zero-order chi connectivity index (χ0) is 13.4. The van der Waals surface area contributed by atoms with Gasteiger partial charge < -0.3 is 0 Å². The Kier molecular flexibility index (Phi) is 5.38. The lowest BCUT2D eigenvalue weighted by atomic mass is 9.77. The van der Waals surface area contributed by atoms with E-state index in [1.165, 1.54) is 11.1 Å². The molecule has 0 amide bonds. The Labute approximate surface area is 111 Å². The number of rotatable bonds is 5. The molecule has 0 aromatic heterocycles. The molecule has 0 heteroatoms. The summed E-state index contributed by atoms with van der Waals surface area (Å²) in [5.41, 5.74) is 2.54. The second-order valence-electron chi connectivity index (χ2n) is 4.73. The van der Waals surface area contributed by atoms with Crippen molar-refractivity contribution in [3.8, 4) is 0 Å². The highest BCUT2D eigenvalue weighted by atomic mass is 14.3. The van der Waals surface area contributed by atoms with Crippen molar-refractivity contribution in [3.63, 3.8) is 0 Å². The van der Waals surface area contributed by atoms with Crippen molar-refractivity contribution in [1.29, 1.82) is 0 Å². The SMILES string of the molecule is C=C\C=C(/C=C\C=C/C)C(C)(C)c1ccccc1. The summed E-state index contributed by atoms with van der Waals surface area (Å²) in [6.07, 6.45) is 12.2. The maximum Gasteiger partial charge on any atom is 0.0146 e. The molecule has 94 valence electrons. The second kappa shape index (κ2) is 6.80. The van der Waals surface area contributed by atoms with E-state index in [4.69, 9.17) is 0 Å². The average Bonchev–Trinajstić information content (AvgIpc) is 2.39. The smallest absolute Gasteiger partial charge is 0.0146 e. The second-order valence-corrected chi connectivity index (χ2v) is 4.73. The van der Waals surface area contributed by atoms with Crippen LogP contribution in [0.2, 0.25) is 0 Å². The summed E-state index contributed by atoms with van der Waals surface area (Å²) < 4.78 is 0. The summed E-state index contributed by atoms with van der Waals surface area (Å²) in [6.45, 7) is 10.3. The minimum absolute atomic E-state index is 0.0203. The van der Waals surface area contributed by atoms with Gasteiger partial charge in [-0.1, -0.05) is 87.2 Å². The summed E-state index contributed by atoms with van der Waals surface area (Å²) in [6, 6.07) is 10.5. The quantitative estimate of drug-likeness (QED) is 0.618. The standard InChI is InChI=1S/C18H22/c1-5-7-9-13-16(12-6-2)18(3,4)17-14-10-8-11-15-17/h5-15H,2H2,1,3-4H3/b7-5-,13-9-,16-12+. The zero-order valence-corrected chi connectivity index (χ0v) is 11.6. The predicted octanol–water partition coefficient (Wildman–Crippen LogP) is 5.21. The molecule has 0 radical (unpaired) electrons. The van der Waals surface area contributed by atoms with Crippen molar-refractivity contribution in [2.75, 3.05) is 0 Å². The van der Waals surface area contributed by atoms with Gasteiger partial charge in [-0.05, 0) is 18.1 Å². The fourth-order valence-electron chi connectivity index (χ4n) is 1.89. The van der Waals surface area contributed by atoms with Gasteiger partial charge in [-0.25, -0.2) is 0 Å². The fourth-order valence-corrected chi connectivity index (χ4v) is 1.89. The molecular weight excluding hydrogens is 216 g/mol. The molecule has 0 fully saturated rings. The first-order chi connectivity index (χ1) is 8.62. The summed E-state index contributed by atoms with van der Waals surface area (Å²) in [5.74, 6) is 0. The zero-order valence-electron chi connectivity index (χ0n) is 11.6. The Morgan fingerprint density at radius 3 is 2.33 bits per heavy atom. The number of hydrogen-bond donors (Lipinski definition) is 0. The van der Waals surface area contributed by atoms with Gasteiger partial charge in [0.25, 0.3) is 0 Å². The average molecular weight is 238 g/mol. The largest absolute Gasteiger partial charge is 0.0991 e. The van der Waals surface area contributed by atoms with Crippen LogP contribution in [-0.4, -0.2) is 0 Å². The first-order valence-corrected chi connectivity index (χ1v) is 6.31. The van der Waals surface area contributed by atoms with Gasteiger partial charge in [-0.15, -0.1) is 0 Å². The summed E-state index contributed by atoms with van der Waals surface area (Å²) in [7, 11) is 0. The molecule has 0 saturated carbocycles. The molecule has 0 saturated heterocycles. The van der Waals surface area contributed by atoms with Gasteiger partial charge in [0.1, 0.15) is 0 Å². The molecule has 0 spiro atoms. The summed E-state index contributed by atoms with van der Waals surface area (Å²) >= 11 is 0. The van der Waals surface area contributed by atoms with Gasteiger partial charge in [0.2, 0.25) is 0 Å². The van der Waals surface area contributed by atoms with Gasteiger partial charge in [-0.2, -0.15) is 0 Å². The van der Waals surface area contributed by atoms with Crippen molar-refractivity contribution in [1.82, 2.24) is 0 Å². The lowest BCUT2D eigenvalue weighted by Crippen LogP contribution is -2.19. The monoisotopic (exact) mass is 238 g/mol. The fraction of sp³-hybridized carbons (Fsp3) is 0.222. The van der Waals surface area contributed by atoms with Crippen LogP contribution in [-0.2, 0) is 5.41 Å². The lowest BCUT2D eigenvalue weighted by molar-refractivity contribution is 0.639. The number of allylic oxidation sites excluding steroid dienone is 7. The molecule has 0 unspecified atom stereocenters. The normalized spacial score (nSPS) is 13.4. The van der Waals surface area contributed by atoms with Crippen LogP contribution in [0.4, 0.5) is 0 Å². The first kappa shape index (κ1) is 14.2. The molecule has 0 nitrogen and oxygen atoms in total. The van der Waals surface area contributed by atoms with Crippen LogP contribution in [0.25, 0.3) is 0 Å². The molecule has 18 heavy (non-hydrogen) atoms. The van der Waals surface area contributed by atoms with Gasteiger partial charge in [0, 0.05) is 5.41 Å². The molecule has 0 bridgehead atoms. The minimum Gasteiger partial charge on any atom is -0.0991 e. The number of benzene rings is 1. The summed E-state index contributed by atoms with van der Waals surface area (Å²) in [5, 5.41) is 0. The third-order valence-electron chi connectivity index (χ3n) is 3.09. The van der Waals surface area contributed by atoms with Crippen LogP contribution in [0.5, 0.6) is 0 Å². The summed E-state index contributed by atoms with van der Waals surface area (Å²) in [4.78, 5) is 0. The van der Waals surface area contributed by atoms with Crippen LogP contribution in [0.1, 0.15) is 26.3 Å². The highest BCUT2D eigenvalue weighted by molar-refractivity contribution is 5.42. The van der Waals surface area contributed by atoms with Crippen LogP contribution >= 0.6 is 0 Å². The molecule has 0 N–H and O–H groups in total. The molecular formula is C18H22. The van der Waals surface area contributed by atoms with E-state index in [1.807, 2.05) is 31.2 Å². The van der Waals surface area contributed by atoms with Crippen molar-refractivity contribution in [3.05, 3.63) is 84.5 Å². The minimum atomic E-state index is -0.0203. The van der Waals surface area contributed by atoms with E-state index in [9.17, 15) is 0 Å². The molecule has 0 heterocycles. The van der Waals surface area contributed by atoms with Crippen LogP contribution in [0.3, 0.4) is 0 Å². The predicted molar refractivity (Wildman–Crippen MR) is 81.7 cm³/mol. The Bertz CT molecular complexity index is 456. The van der Waals surface area contributed by atoms with E-state index in [-0.39, 0.29) is 5.41 Å². The molecule has 1 aromatic rings. The molecule has 0 aliphatic rings. The van der Waals surface area contributed by atoms with Gasteiger partial charge in [0.05, 0.1) is 0 Å².